The van der Waals surface area contributed by atoms with Gasteiger partial charge in [0.1, 0.15) is 24.1 Å². The number of esters is 1. The van der Waals surface area contributed by atoms with Crippen molar-refractivity contribution in [3.63, 3.8) is 0 Å². The summed E-state index contributed by atoms with van der Waals surface area (Å²) < 4.78 is 12.4. The SMILES string of the molecule is COc1cccc(O)c1C1C(C(=O)OCc2ccccc2)=C(C)Nc2nnnn21. The molecule has 29 heavy (non-hydrogen) atoms. The monoisotopic (exact) mass is 393 g/mol. The second-order valence-electron chi connectivity index (χ2n) is 6.47. The lowest BCUT2D eigenvalue weighted by molar-refractivity contribution is -0.140. The molecule has 0 aliphatic carbocycles. The number of hydrogen-bond donors (Lipinski definition) is 2. The van der Waals surface area contributed by atoms with Crippen LogP contribution in [0.15, 0.2) is 59.8 Å². The molecule has 1 atom stereocenters. The van der Waals surface area contributed by atoms with Gasteiger partial charge in [0.2, 0.25) is 5.95 Å². The number of phenolic OH excluding ortho intramolecular Hbond substituents is 1. The normalized spacial score (nSPS) is 15.4. The standard InChI is InChI=1S/C20H19N5O4/c1-12-16(19(27)29-11-13-7-4-3-5-8-13)18(25-20(21-12)22-23-24-25)17-14(26)9-6-10-15(17)28-2/h3-10,18,26H,11H2,1-2H3,(H,21,22,24). The number of phenols is 1. The fraction of sp³-hybridized carbons (Fsp3) is 0.200. The molecule has 1 unspecified atom stereocenters. The number of tetrazole rings is 1. The summed E-state index contributed by atoms with van der Waals surface area (Å²) in [5.41, 5.74) is 2.04. The van der Waals surface area contributed by atoms with Crippen LogP contribution in [-0.4, -0.2) is 38.4 Å². The molecule has 1 aromatic heterocycles. The largest absolute Gasteiger partial charge is 0.507 e. The summed E-state index contributed by atoms with van der Waals surface area (Å²) in [6.45, 7) is 1.85. The number of ether oxygens (including phenoxy) is 2. The highest BCUT2D eigenvalue weighted by Crippen LogP contribution is 2.43. The van der Waals surface area contributed by atoms with E-state index in [1.807, 2.05) is 30.3 Å². The fourth-order valence-corrected chi connectivity index (χ4v) is 3.33. The number of carbonyl (C=O) groups is 1. The van der Waals surface area contributed by atoms with E-state index >= 15 is 0 Å². The highest BCUT2D eigenvalue weighted by Gasteiger charge is 2.38. The Morgan fingerprint density at radius 3 is 2.76 bits per heavy atom. The topological polar surface area (TPSA) is 111 Å². The molecule has 0 fully saturated rings. The van der Waals surface area contributed by atoms with Gasteiger partial charge < -0.3 is 19.9 Å². The summed E-state index contributed by atoms with van der Waals surface area (Å²) >= 11 is 0. The molecule has 0 amide bonds. The Morgan fingerprint density at radius 1 is 1.21 bits per heavy atom. The predicted octanol–water partition coefficient (Wildman–Crippen LogP) is 2.42. The number of fused-ring (bicyclic) bond motifs is 1. The third-order valence-corrected chi connectivity index (χ3v) is 4.68. The van der Waals surface area contributed by atoms with Crippen LogP contribution in [0.4, 0.5) is 5.95 Å². The first kappa shape index (κ1) is 18.5. The molecule has 148 valence electrons. The van der Waals surface area contributed by atoms with E-state index in [1.54, 1.807) is 19.1 Å². The molecule has 0 saturated heterocycles. The van der Waals surface area contributed by atoms with Crippen molar-refractivity contribution in [2.75, 3.05) is 12.4 Å². The summed E-state index contributed by atoms with van der Waals surface area (Å²) in [6.07, 6.45) is 0. The zero-order valence-electron chi connectivity index (χ0n) is 15.9. The van der Waals surface area contributed by atoms with Crippen molar-refractivity contribution in [2.45, 2.75) is 19.6 Å². The van der Waals surface area contributed by atoms with Gasteiger partial charge in [-0.1, -0.05) is 41.5 Å². The molecule has 1 aliphatic rings. The third-order valence-electron chi connectivity index (χ3n) is 4.68. The Kier molecular flexibility index (Phi) is 4.86. The van der Waals surface area contributed by atoms with Gasteiger partial charge in [0, 0.05) is 5.70 Å². The molecule has 0 radical (unpaired) electrons. The Bertz CT molecular complexity index is 1080. The van der Waals surface area contributed by atoms with E-state index in [-0.39, 0.29) is 17.9 Å². The zero-order chi connectivity index (χ0) is 20.4. The Hall–Kier alpha value is -3.88. The Labute approximate surface area is 166 Å². The van der Waals surface area contributed by atoms with Gasteiger partial charge in [0.15, 0.2) is 0 Å². The molecular formula is C20H19N5O4. The van der Waals surface area contributed by atoms with Gasteiger partial charge in [0.05, 0.1) is 18.2 Å². The number of nitrogens with one attached hydrogen (secondary N) is 1. The first-order chi connectivity index (χ1) is 14.1. The van der Waals surface area contributed by atoms with Gasteiger partial charge >= 0.3 is 5.97 Å². The molecule has 0 bridgehead atoms. The molecule has 2 aromatic carbocycles. The van der Waals surface area contributed by atoms with Crippen LogP contribution in [0.2, 0.25) is 0 Å². The van der Waals surface area contributed by atoms with Crippen LogP contribution in [0.25, 0.3) is 0 Å². The van der Waals surface area contributed by atoms with Crippen LogP contribution >= 0.6 is 0 Å². The summed E-state index contributed by atoms with van der Waals surface area (Å²) in [4.78, 5) is 13.1. The van der Waals surface area contributed by atoms with Crippen LogP contribution in [0, 0.1) is 0 Å². The Balaban J connectivity index is 1.76. The highest BCUT2D eigenvalue weighted by atomic mass is 16.5. The number of methoxy groups -OCH3 is 1. The number of nitrogens with zero attached hydrogens (tertiary/aromatic N) is 4. The highest BCUT2D eigenvalue weighted by molar-refractivity contribution is 5.92. The molecule has 3 aromatic rings. The predicted molar refractivity (Wildman–Crippen MR) is 103 cm³/mol. The average Bonchev–Trinajstić information content (AvgIpc) is 3.20. The van der Waals surface area contributed by atoms with Crippen LogP contribution in [0.5, 0.6) is 11.5 Å². The van der Waals surface area contributed by atoms with Gasteiger partial charge in [0.25, 0.3) is 0 Å². The van der Waals surface area contributed by atoms with Gasteiger partial charge in [-0.3, -0.25) is 0 Å². The molecule has 9 heteroatoms. The van der Waals surface area contributed by atoms with E-state index in [1.165, 1.54) is 17.9 Å². The maximum atomic E-state index is 13.1. The van der Waals surface area contributed by atoms with E-state index in [9.17, 15) is 9.90 Å². The van der Waals surface area contributed by atoms with E-state index in [4.69, 9.17) is 9.47 Å². The number of carbonyl (C=O) groups excluding carboxylic acids is 1. The van der Waals surface area contributed by atoms with Crippen molar-refractivity contribution >= 4 is 11.9 Å². The summed E-state index contributed by atoms with van der Waals surface area (Å²) in [5, 5.41) is 25.2. The van der Waals surface area contributed by atoms with E-state index < -0.39 is 12.0 Å². The van der Waals surface area contributed by atoms with Gasteiger partial charge in [-0.25, -0.2) is 4.79 Å². The number of aromatic hydroxyl groups is 1. The molecule has 1 aliphatic heterocycles. The lowest BCUT2D eigenvalue weighted by atomic mass is 9.94. The molecule has 2 N–H and O–H groups in total. The van der Waals surface area contributed by atoms with Crippen molar-refractivity contribution in [3.8, 4) is 11.5 Å². The molecule has 9 nitrogen and oxygen atoms in total. The summed E-state index contributed by atoms with van der Waals surface area (Å²) in [6, 6.07) is 13.4. The molecular weight excluding hydrogens is 374 g/mol. The number of benzene rings is 2. The summed E-state index contributed by atoms with van der Waals surface area (Å²) in [5.74, 6) is 0.158. The lowest BCUT2D eigenvalue weighted by Gasteiger charge is -2.28. The molecule has 0 saturated carbocycles. The van der Waals surface area contributed by atoms with Crippen molar-refractivity contribution in [1.29, 1.82) is 0 Å². The van der Waals surface area contributed by atoms with Crippen molar-refractivity contribution in [1.82, 2.24) is 20.2 Å². The lowest BCUT2D eigenvalue weighted by Crippen LogP contribution is -2.30. The van der Waals surface area contributed by atoms with Crippen LogP contribution in [-0.2, 0) is 16.1 Å². The average molecular weight is 393 g/mol. The number of aromatic nitrogens is 4. The van der Waals surface area contributed by atoms with Crippen LogP contribution in [0.1, 0.15) is 24.1 Å². The molecule has 0 spiro atoms. The number of allylic oxidation sites excluding steroid dienone is 1. The zero-order valence-corrected chi connectivity index (χ0v) is 15.9. The van der Waals surface area contributed by atoms with E-state index in [2.05, 4.69) is 20.8 Å². The second-order valence-corrected chi connectivity index (χ2v) is 6.47. The summed E-state index contributed by atoms with van der Waals surface area (Å²) in [7, 11) is 1.49. The number of hydrogen-bond acceptors (Lipinski definition) is 8. The molecule has 2 heterocycles. The maximum Gasteiger partial charge on any atom is 0.338 e. The van der Waals surface area contributed by atoms with Gasteiger partial charge in [-0.15, -0.1) is 0 Å². The number of rotatable bonds is 5. The number of anilines is 1. The molecule has 4 rings (SSSR count). The fourth-order valence-electron chi connectivity index (χ4n) is 3.33. The quantitative estimate of drug-likeness (QED) is 0.636. The van der Waals surface area contributed by atoms with Crippen molar-refractivity contribution in [2.24, 2.45) is 0 Å². The first-order valence-electron chi connectivity index (χ1n) is 8.92. The van der Waals surface area contributed by atoms with E-state index in [0.29, 0.717) is 23.0 Å². The first-order valence-corrected chi connectivity index (χ1v) is 8.92. The minimum atomic E-state index is -0.819. The minimum Gasteiger partial charge on any atom is -0.507 e. The smallest absolute Gasteiger partial charge is 0.338 e. The third kappa shape index (κ3) is 3.38. The van der Waals surface area contributed by atoms with Gasteiger partial charge in [-0.2, -0.15) is 4.68 Å². The van der Waals surface area contributed by atoms with E-state index in [0.717, 1.165) is 5.56 Å². The second kappa shape index (κ2) is 7.63. The van der Waals surface area contributed by atoms with Crippen LogP contribution in [0.3, 0.4) is 0 Å². The van der Waals surface area contributed by atoms with Gasteiger partial charge in [-0.05, 0) is 35.0 Å². The van der Waals surface area contributed by atoms with Crippen LogP contribution < -0.4 is 10.1 Å². The Morgan fingerprint density at radius 2 is 2.00 bits per heavy atom. The maximum absolute atomic E-state index is 13.1. The van der Waals surface area contributed by atoms with Crippen molar-refractivity contribution < 1.29 is 19.4 Å². The van der Waals surface area contributed by atoms with Crippen molar-refractivity contribution in [3.05, 3.63) is 70.9 Å². The minimum absolute atomic E-state index is 0.0427.